The Hall–Kier alpha value is -1.59. The van der Waals surface area contributed by atoms with Crippen molar-refractivity contribution in [2.75, 3.05) is 6.61 Å². The predicted octanol–water partition coefficient (Wildman–Crippen LogP) is 2.86. The Labute approximate surface area is 125 Å². The highest BCUT2D eigenvalue weighted by Crippen LogP contribution is 2.33. The van der Waals surface area contributed by atoms with Gasteiger partial charge in [0.25, 0.3) is 0 Å². The number of carbonyl (C=O) groups is 1. The van der Waals surface area contributed by atoms with E-state index in [0.29, 0.717) is 24.7 Å². The minimum absolute atomic E-state index is 0.0690. The zero-order valence-electron chi connectivity index (χ0n) is 10.8. The molecule has 4 nitrogen and oxygen atoms in total. The molecule has 20 heavy (non-hydrogen) atoms. The monoisotopic (exact) mass is 335 g/mol. The highest BCUT2D eigenvalue weighted by molar-refractivity contribution is 9.10. The molecule has 2 N–H and O–H groups in total. The third-order valence-corrected chi connectivity index (χ3v) is 3.77. The number of fused-ring (bicyclic) bond motifs is 1. The fraction of sp³-hybridized carbons (Fsp3) is 0.267. The summed E-state index contributed by atoms with van der Waals surface area (Å²) in [6.45, 7) is 0.966. The Morgan fingerprint density at radius 1 is 1.35 bits per heavy atom. The molecule has 5 heteroatoms. The Morgan fingerprint density at radius 2 is 2.20 bits per heavy atom. The lowest BCUT2D eigenvalue weighted by atomic mass is 10.0. The minimum Gasteiger partial charge on any atom is -0.493 e. The molecule has 2 aromatic rings. The number of halogens is 1. The van der Waals surface area contributed by atoms with Crippen molar-refractivity contribution in [1.29, 1.82) is 0 Å². The zero-order chi connectivity index (χ0) is 14.1. The molecular formula is C15H14BrNO3. The summed E-state index contributed by atoms with van der Waals surface area (Å²) in [6.07, 6.45) is 1.15. The van der Waals surface area contributed by atoms with Crippen LogP contribution in [-0.4, -0.2) is 12.4 Å². The molecule has 0 saturated carbocycles. The van der Waals surface area contributed by atoms with Gasteiger partial charge in [0.05, 0.1) is 13.2 Å². The fourth-order valence-electron chi connectivity index (χ4n) is 2.37. The van der Waals surface area contributed by atoms with Crippen LogP contribution in [-0.2, 0) is 19.4 Å². The van der Waals surface area contributed by atoms with Crippen LogP contribution in [0.25, 0.3) is 0 Å². The standard InChI is InChI=1S/C15H14BrNO3/c16-11-5-9-3-4-19-15(9)10(6-11)7-13(18)14-2-1-12(8-17)20-14/h1-2,5-6H,3-4,7-8,17H2. The van der Waals surface area contributed by atoms with Gasteiger partial charge in [0.2, 0.25) is 5.78 Å². The molecule has 1 aromatic carbocycles. The summed E-state index contributed by atoms with van der Waals surface area (Å²) in [5.41, 5.74) is 7.51. The molecule has 2 heterocycles. The molecule has 0 spiro atoms. The lowest BCUT2D eigenvalue weighted by Crippen LogP contribution is -2.04. The Balaban J connectivity index is 1.86. The van der Waals surface area contributed by atoms with Crippen LogP contribution in [0.4, 0.5) is 0 Å². The van der Waals surface area contributed by atoms with Crippen molar-refractivity contribution in [3.05, 3.63) is 51.4 Å². The molecule has 0 atom stereocenters. The molecular weight excluding hydrogens is 322 g/mol. The van der Waals surface area contributed by atoms with Crippen molar-refractivity contribution in [1.82, 2.24) is 0 Å². The van der Waals surface area contributed by atoms with Gasteiger partial charge in [0, 0.05) is 22.9 Å². The number of furan rings is 1. The molecule has 3 rings (SSSR count). The smallest absolute Gasteiger partial charge is 0.202 e. The fourth-order valence-corrected chi connectivity index (χ4v) is 2.93. The first kappa shape index (κ1) is 13.4. The van der Waals surface area contributed by atoms with E-state index in [4.69, 9.17) is 14.9 Å². The van der Waals surface area contributed by atoms with E-state index in [1.54, 1.807) is 12.1 Å². The number of rotatable bonds is 4. The van der Waals surface area contributed by atoms with Gasteiger partial charge in [-0.1, -0.05) is 15.9 Å². The first-order valence-electron chi connectivity index (χ1n) is 6.43. The van der Waals surface area contributed by atoms with E-state index in [0.717, 1.165) is 27.8 Å². The zero-order valence-corrected chi connectivity index (χ0v) is 12.4. The highest BCUT2D eigenvalue weighted by atomic mass is 79.9. The second kappa shape index (κ2) is 5.42. The average molecular weight is 336 g/mol. The molecule has 0 aliphatic carbocycles. The first-order valence-corrected chi connectivity index (χ1v) is 7.22. The summed E-state index contributed by atoms with van der Waals surface area (Å²) in [5, 5.41) is 0. The van der Waals surface area contributed by atoms with Gasteiger partial charge in [0.15, 0.2) is 5.76 Å². The number of hydrogen-bond donors (Lipinski definition) is 1. The molecule has 0 fully saturated rings. The molecule has 104 valence electrons. The summed E-state index contributed by atoms with van der Waals surface area (Å²) in [6, 6.07) is 7.36. The van der Waals surface area contributed by atoms with E-state index in [2.05, 4.69) is 15.9 Å². The van der Waals surface area contributed by atoms with Gasteiger partial charge in [-0.3, -0.25) is 4.79 Å². The normalized spacial score (nSPS) is 13.1. The maximum absolute atomic E-state index is 12.2. The maximum atomic E-state index is 12.2. The summed E-state index contributed by atoms with van der Waals surface area (Å²) >= 11 is 3.47. The number of ketones is 1. The molecule has 0 saturated heterocycles. The van der Waals surface area contributed by atoms with E-state index < -0.39 is 0 Å². The molecule has 1 aliphatic rings. The van der Waals surface area contributed by atoms with E-state index in [-0.39, 0.29) is 12.2 Å². The van der Waals surface area contributed by atoms with Crippen LogP contribution < -0.4 is 10.5 Å². The van der Waals surface area contributed by atoms with Gasteiger partial charge >= 0.3 is 0 Å². The van der Waals surface area contributed by atoms with E-state index in [1.165, 1.54) is 0 Å². The molecule has 0 unspecified atom stereocenters. The SMILES string of the molecule is NCc1ccc(C(=O)Cc2cc(Br)cc3c2OCC3)o1. The molecule has 0 radical (unpaired) electrons. The number of ether oxygens (including phenoxy) is 1. The maximum Gasteiger partial charge on any atom is 0.202 e. The van der Waals surface area contributed by atoms with Crippen LogP contribution in [0.15, 0.2) is 33.2 Å². The lowest BCUT2D eigenvalue weighted by Gasteiger charge is -2.07. The summed E-state index contributed by atoms with van der Waals surface area (Å²) in [5.74, 6) is 1.73. The largest absolute Gasteiger partial charge is 0.493 e. The highest BCUT2D eigenvalue weighted by Gasteiger charge is 2.21. The number of nitrogens with two attached hydrogens (primary N) is 1. The number of hydrogen-bond acceptors (Lipinski definition) is 4. The van der Waals surface area contributed by atoms with Crippen molar-refractivity contribution in [3.63, 3.8) is 0 Å². The second-order valence-corrected chi connectivity index (χ2v) is 5.64. The minimum atomic E-state index is -0.0690. The number of benzene rings is 1. The van der Waals surface area contributed by atoms with Gasteiger partial charge in [-0.05, 0) is 29.8 Å². The van der Waals surface area contributed by atoms with Crippen molar-refractivity contribution in [2.24, 2.45) is 5.73 Å². The Morgan fingerprint density at radius 3 is 2.95 bits per heavy atom. The lowest BCUT2D eigenvalue weighted by molar-refractivity contribution is 0.0963. The van der Waals surface area contributed by atoms with Crippen LogP contribution in [0.1, 0.15) is 27.4 Å². The third kappa shape index (κ3) is 2.51. The van der Waals surface area contributed by atoms with E-state index in [9.17, 15) is 4.79 Å². The average Bonchev–Trinajstić information content (AvgIpc) is 3.06. The summed E-state index contributed by atoms with van der Waals surface area (Å²) in [4.78, 5) is 12.2. The molecule has 1 aromatic heterocycles. The first-order chi connectivity index (χ1) is 9.67. The van der Waals surface area contributed by atoms with Gasteiger partial charge in [-0.25, -0.2) is 0 Å². The van der Waals surface area contributed by atoms with Crippen LogP contribution in [0.5, 0.6) is 5.75 Å². The van der Waals surface area contributed by atoms with Crippen LogP contribution in [0, 0.1) is 0 Å². The van der Waals surface area contributed by atoms with Gasteiger partial charge in [-0.15, -0.1) is 0 Å². The van der Waals surface area contributed by atoms with Crippen molar-refractivity contribution in [3.8, 4) is 5.75 Å². The van der Waals surface area contributed by atoms with E-state index in [1.807, 2.05) is 12.1 Å². The van der Waals surface area contributed by atoms with Crippen molar-refractivity contribution in [2.45, 2.75) is 19.4 Å². The van der Waals surface area contributed by atoms with Crippen LogP contribution in [0.3, 0.4) is 0 Å². The van der Waals surface area contributed by atoms with Crippen molar-refractivity contribution >= 4 is 21.7 Å². The summed E-state index contributed by atoms with van der Waals surface area (Å²) in [7, 11) is 0. The molecule has 0 bridgehead atoms. The Kier molecular flexibility index (Phi) is 3.63. The Bertz CT molecular complexity index is 663. The van der Waals surface area contributed by atoms with Crippen molar-refractivity contribution < 1.29 is 13.9 Å². The van der Waals surface area contributed by atoms with Gasteiger partial charge < -0.3 is 14.9 Å². The number of Topliss-reactive ketones (excluding diaryl/α,β-unsaturated/α-hetero) is 1. The van der Waals surface area contributed by atoms with E-state index >= 15 is 0 Å². The quantitative estimate of drug-likeness (QED) is 0.872. The predicted molar refractivity (Wildman–Crippen MR) is 78.0 cm³/mol. The van der Waals surface area contributed by atoms with Crippen LogP contribution in [0.2, 0.25) is 0 Å². The van der Waals surface area contributed by atoms with Crippen LogP contribution >= 0.6 is 15.9 Å². The van der Waals surface area contributed by atoms with Gasteiger partial charge in [0.1, 0.15) is 11.5 Å². The molecule has 1 aliphatic heterocycles. The number of carbonyl (C=O) groups excluding carboxylic acids is 1. The summed E-state index contributed by atoms with van der Waals surface area (Å²) < 4.78 is 12.0. The van der Waals surface area contributed by atoms with Gasteiger partial charge in [-0.2, -0.15) is 0 Å². The molecule has 0 amide bonds. The second-order valence-electron chi connectivity index (χ2n) is 4.72. The third-order valence-electron chi connectivity index (χ3n) is 3.31. The topological polar surface area (TPSA) is 65.5 Å².